The number of hydrogen-bond acceptors (Lipinski definition) is 4. The van der Waals surface area contributed by atoms with Crippen LogP contribution in [0.15, 0.2) is 30.3 Å². The maximum Gasteiger partial charge on any atom is 0.495 e. The molecule has 4 nitrogen and oxygen atoms in total. The molecule has 2 aromatic rings. The second kappa shape index (κ2) is 5.35. The van der Waals surface area contributed by atoms with Gasteiger partial charge >= 0.3 is 7.12 Å². The molecule has 0 atom stereocenters. The van der Waals surface area contributed by atoms with Crippen LogP contribution in [0.1, 0.15) is 27.7 Å². The van der Waals surface area contributed by atoms with Crippen LogP contribution in [0.5, 0.6) is 0 Å². The third-order valence-electron chi connectivity index (χ3n) is 4.32. The van der Waals surface area contributed by atoms with Gasteiger partial charge in [0.05, 0.1) is 22.6 Å². The molecule has 1 saturated heterocycles. The van der Waals surface area contributed by atoms with Crippen LogP contribution in [0.4, 0.5) is 8.78 Å². The molecular formula is C16H17BF2N2O2. The minimum absolute atomic E-state index is 0.231. The van der Waals surface area contributed by atoms with Crippen molar-refractivity contribution in [3.8, 4) is 11.4 Å². The minimum atomic E-state index is -0.718. The van der Waals surface area contributed by atoms with Crippen LogP contribution >= 0.6 is 0 Å². The molecule has 0 unspecified atom stereocenters. The fourth-order valence-electron chi connectivity index (χ4n) is 2.31. The lowest BCUT2D eigenvalue weighted by Crippen LogP contribution is -2.41. The molecule has 23 heavy (non-hydrogen) atoms. The van der Waals surface area contributed by atoms with Gasteiger partial charge in [-0.25, -0.2) is 9.97 Å². The molecule has 0 aliphatic carbocycles. The van der Waals surface area contributed by atoms with Gasteiger partial charge in [0.25, 0.3) is 0 Å². The monoisotopic (exact) mass is 318 g/mol. The van der Waals surface area contributed by atoms with E-state index < -0.39 is 30.2 Å². The van der Waals surface area contributed by atoms with E-state index in [2.05, 4.69) is 9.97 Å². The molecule has 1 aliphatic heterocycles. The zero-order chi connectivity index (χ0) is 16.8. The van der Waals surface area contributed by atoms with E-state index in [1.165, 1.54) is 18.2 Å². The molecule has 3 heterocycles. The summed E-state index contributed by atoms with van der Waals surface area (Å²) in [7, 11) is -0.718. The first-order valence-electron chi connectivity index (χ1n) is 7.34. The largest absolute Gasteiger partial charge is 0.495 e. The summed E-state index contributed by atoms with van der Waals surface area (Å²) in [5.41, 5.74) is -0.0997. The average molecular weight is 318 g/mol. The maximum absolute atomic E-state index is 13.9. The first-order chi connectivity index (χ1) is 10.7. The highest BCUT2D eigenvalue weighted by atomic mass is 19.1. The van der Waals surface area contributed by atoms with Crippen molar-refractivity contribution in [3.05, 3.63) is 42.2 Å². The number of aromatic nitrogens is 2. The van der Waals surface area contributed by atoms with Crippen LogP contribution in [-0.4, -0.2) is 28.3 Å². The quantitative estimate of drug-likeness (QED) is 0.631. The molecule has 0 spiro atoms. The van der Waals surface area contributed by atoms with Crippen molar-refractivity contribution in [2.24, 2.45) is 0 Å². The smallest absolute Gasteiger partial charge is 0.399 e. The molecule has 0 radical (unpaired) electrons. The van der Waals surface area contributed by atoms with Gasteiger partial charge in [0, 0.05) is 0 Å². The second-order valence-corrected chi connectivity index (χ2v) is 6.54. The summed E-state index contributed by atoms with van der Waals surface area (Å²) in [6.07, 6.45) is 0. The SMILES string of the molecule is CC1(C)OB(c2cc(F)nc(-c3cccc(F)n3)c2)OC1(C)C. The Labute approximate surface area is 134 Å². The van der Waals surface area contributed by atoms with Gasteiger partial charge in [-0.3, -0.25) is 0 Å². The van der Waals surface area contributed by atoms with Crippen LogP contribution in [-0.2, 0) is 9.31 Å². The van der Waals surface area contributed by atoms with Crippen LogP contribution in [0.2, 0.25) is 0 Å². The summed E-state index contributed by atoms with van der Waals surface area (Å²) in [4.78, 5) is 7.51. The van der Waals surface area contributed by atoms with Gasteiger partial charge in [0.1, 0.15) is 0 Å². The summed E-state index contributed by atoms with van der Waals surface area (Å²) >= 11 is 0. The summed E-state index contributed by atoms with van der Waals surface area (Å²) < 4.78 is 39.0. The molecule has 1 aliphatic rings. The van der Waals surface area contributed by atoms with Gasteiger partial charge in [-0.15, -0.1) is 0 Å². The summed E-state index contributed by atoms with van der Waals surface area (Å²) in [6, 6.07) is 7.15. The summed E-state index contributed by atoms with van der Waals surface area (Å²) in [5, 5.41) is 0. The lowest BCUT2D eigenvalue weighted by molar-refractivity contribution is 0.00578. The van der Waals surface area contributed by atoms with Crippen LogP contribution in [0.3, 0.4) is 0 Å². The number of halogens is 2. The van der Waals surface area contributed by atoms with Crippen molar-refractivity contribution in [2.75, 3.05) is 0 Å². The van der Waals surface area contributed by atoms with Gasteiger partial charge in [-0.05, 0) is 57.4 Å². The van der Waals surface area contributed by atoms with E-state index in [0.29, 0.717) is 5.46 Å². The van der Waals surface area contributed by atoms with Crippen LogP contribution in [0.25, 0.3) is 11.4 Å². The van der Waals surface area contributed by atoms with E-state index in [-0.39, 0.29) is 11.4 Å². The normalized spacial score (nSPS) is 19.1. The number of rotatable bonds is 2. The molecule has 0 bridgehead atoms. The fraction of sp³-hybridized carbons (Fsp3) is 0.375. The lowest BCUT2D eigenvalue weighted by atomic mass is 9.79. The third kappa shape index (κ3) is 2.98. The Hall–Kier alpha value is -1.86. The molecule has 3 rings (SSSR count). The number of hydrogen-bond donors (Lipinski definition) is 0. The Bertz CT molecular complexity index is 737. The standard InChI is InChI=1S/C16H17BF2N2O2/c1-15(2)16(3,4)23-17(22-15)10-8-12(21-14(19)9-10)11-6-5-7-13(18)20-11/h5-9H,1-4H3. The van der Waals surface area contributed by atoms with E-state index in [1.54, 1.807) is 12.1 Å². The summed E-state index contributed by atoms with van der Waals surface area (Å²) in [6.45, 7) is 7.67. The predicted molar refractivity (Wildman–Crippen MR) is 83.1 cm³/mol. The Morgan fingerprint density at radius 1 is 0.870 bits per heavy atom. The molecule has 0 amide bonds. The second-order valence-electron chi connectivity index (χ2n) is 6.54. The van der Waals surface area contributed by atoms with Crippen molar-refractivity contribution >= 4 is 12.6 Å². The van der Waals surface area contributed by atoms with Gasteiger partial charge < -0.3 is 9.31 Å². The average Bonchev–Trinajstić information content (AvgIpc) is 2.67. The van der Waals surface area contributed by atoms with E-state index >= 15 is 0 Å². The minimum Gasteiger partial charge on any atom is -0.399 e. The molecular weight excluding hydrogens is 301 g/mol. The maximum atomic E-state index is 13.9. The van der Waals surface area contributed by atoms with E-state index in [9.17, 15) is 8.78 Å². The molecule has 120 valence electrons. The van der Waals surface area contributed by atoms with E-state index in [4.69, 9.17) is 9.31 Å². The highest BCUT2D eigenvalue weighted by molar-refractivity contribution is 6.62. The first kappa shape index (κ1) is 16.0. The molecule has 0 N–H and O–H groups in total. The van der Waals surface area contributed by atoms with E-state index in [0.717, 1.165) is 0 Å². The molecule has 2 aromatic heterocycles. The molecule has 1 fully saturated rings. The number of pyridine rings is 2. The van der Waals surface area contributed by atoms with Crippen molar-refractivity contribution in [1.82, 2.24) is 9.97 Å². The van der Waals surface area contributed by atoms with Gasteiger partial charge in [-0.2, -0.15) is 8.78 Å². The zero-order valence-corrected chi connectivity index (χ0v) is 13.4. The molecule has 0 aromatic carbocycles. The molecule has 7 heteroatoms. The topological polar surface area (TPSA) is 44.2 Å². The predicted octanol–water partition coefficient (Wildman–Crippen LogP) is 2.72. The highest BCUT2D eigenvalue weighted by Gasteiger charge is 2.51. The van der Waals surface area contributed by atoms with Gasteiger partial charge in [0.15, 0.2) is 0 Å². The Morgan fingerprint density at radius 2 is 1.48 bits per heavy atom. The summed E-state index contributed by atoms with van der Waals surface area (Å²) in [5.74, 6) is -1.34. The fourth-order valence-corrected chi connectivity index (χ4v) is 2.31. The molecule has 0 saturated carbocycles. The van der Waals surface area contributed by atoms with Crippen molar-refractivity contribution in [3.63, 3.8) is 0 Å². The first-order valence-corrected chi connectivity index (χ1v) is 7.34. The highest BCUT2D eigenvalue weighted by Crippen LogP contribution is 2.36. The number of nitrogens with zero attached hydrogens (tertiary/aromatic N) is 2. The third-order valence-corrected chi connectivity index (χ3v) is 4.32. The van der Waals surface area contributed by atoms with Crippen molar-refractivity contribution in [2.45, 2.75) is 38.9 Å². The van der Waals surface area contributed by atoms with Gasteiger partial charge in [0.2, 0.25) is 11.9 Å². The van der Waals surface area contributed by atoms with Gasteiger partial charge in [-0.1, -0.05) is 6.07 Å². The Morgan fingerprint density at radius 3 is 2.09 bits per heavy atom. The Kier molecular flexibility index (Phi) is 3.73. The zero-order valence-electron chi connectivity index (χ0n) is 13.4. The van der Waals surface area contributed by atoms with Crippen molar-refractivity contribution < 1.29 is 18.1 Å². The van der Waals surface area contributed by atoms with Crippen LogP contribution in [0, 0.1) is 11.9 Å². The van der Waals surface area contributed by atoms with Crippen LogP contribution < -0.4 is 5.46 Å². The van der Waals surface area contributed by atoms with E-state index in [1.807, 2.05) is 27.7 Å². The Balaban J connectivity index is 1.99. The lowest BCUT2D eigenvalue weighted by Gasteiger charge is -2.32. The van der Waals surface area contributed by atoms with Crippen molar-refractivity contribution in [1.29, 1.82) is 0 Å².